The molecule has 1 aliphatic heterocycles. The van der Waals surface area contributed by atoms with Gasteiger partial charge in [0.05, 0.1) is 10.7 Å². The molecular formula is C23H24ClFN4OS. The maximum absolute atomic E-state index is 14.8. The van der Waals surface area contributed by atoms with Gasteiger partial charge in [-0.25, -0.2) is 9.37 Å². The van der Waals surface area contributed by atoms with Gasteiger partial charge < -0.3 is 15.1 Å². The fourth-order valence-electron chi connectivity index (χ4n) is 3.80. The normalized spacial score (nSPS) is 14.8. The Morgan fingerprint density at radius 1 is 1.23 bits per heavy atom. The summed E-state index contributed by atoms with van der Waals surface area (Å²) in [7, 11) is 4.16. The first-order valence-electron chi connectivity index (χ1n) is 10.1. The van der Waals surface area contributed by atoms with Gasteiger partial charge in [-0.2, -0.15) is 0 Å². The predicted octanol–water partition coefficient (Wildman–Crippen LogP) is 5.39. The molecule has 1 aromatic heterocycles. The molecule has 0 saturated carbocycles. The molecule has 2 aromatic carbocycles. The summed E-state index contributed by atoms with van der Waals surface area (Å²) in [6.45, 7) is 1.63. The van der Waals surface area contributed by atoms with Crippen LogP contribution in [0.4, 0.5) is 15.8 Å². The molecule has 2 heterocycles. The third-order valence-electron chi connectivity index (χ3n) is 5.58. The number of anilines is 2. The minimum Gasteiger partial charge on any atom is -0.369 e. The van der Waals surface area contributed by atoms with Crippen molar-refractivity contribution in [3.05, 3.63) is 64.4 Å². The third kappa shape index (κ3) is 4.89. The van der Waals surface area contributed by atoms with E-state index in [0.717, 1.165) is 31.5 Å². The highest BCUT2D eigenvalue weighted by Crippen LogP contribution is 2.31. The van der Waals surface area contributed by atoms with Crippen LogP contribution in [-0.2, 0) is 0 Å². The number of amides is 1. The van der Waals surface area contributed by atoms with Crippen LogP contribution in [0.1, 0.15) is 23.3 Å². The lowest BCUT2D eigenvalue weighted by atomic mass is 10.0. The standard InChI is InChI=1S/C23H24ClFN4OS/c1-28(2)16-9-11-29(12-10-16)21-8-7-15(13-19(21)25)26-22(30)20-14-31-23(27-20)17-5-3-4-6-18(17)24/h3-8,13-14,16H,9-12H2,1-2H3,(H,26,30). The van der Waals surface area contributed by atoms with Crippen LogP contribution in [0.15, 0.2) is 47.8 Å². The summed E-state index contributed by atoms with van der Waals surface area (Å²) in [6, 6.07) is 12.7. The first-order valence-corrected chi connectivity index (χ1v) is 11.4. The predicted molar refractivity (Wildman–Crippen MR) is 126 cm³/mol. The molecule has 0 bridgehead atoms. The zero-order valence-electron chi connectivity index (χ0n) is 17.4. The van der Waals surface area contributed by atoms with Gasteiger partial charge in [0.2, 0.25) is 0 Å². The topological polar surface area (TPSA) is 48.5 Å². The molecule has 8 heteroatoms. The molecule has 0 unspecified atom stereocenters. The molecule has 3 aromatic rings. The van der Waals surface area contributed by atoms with Gasteiger partial charge in [-0.15, -0.1) is 11.3 Å². The Morgan fingerprint density at radius 3 is 2.65 bits per heavy atom. The molecule has 1 saturated heterocycles. The number of halogens is 2. The number of hydrogen-bond donors (Lipinski definition) is 1. The second kappa shape index (κ2) is 9.34. The Morgan fingerprint density at radius 2 is 1.97 bits per heavy atom. The molecule has 0 spiro atoms. The van der Waals surface area contributed by atoms with Crippen molar-refractivity contribution in [2.45, 2.75) is 18.9 Å². The van der Waals surface area contributed by atoms with E-state index in [1.807, 2.05) is 18.2 Å². The van der Waals surface area contributed by atoms with Crippen molar-refractivity contribution in [2.24, 2.45) is 0 Å². The highest BCUT2D eigenvalue weighted by atomic mass is 35.5. The molecule has 5 nitrogen and oxygen atoms in total. The van der Waals surface area contributed by atoms with Gasteiger partial charge in [0.25, 0.3) is 5.91 Å². The van der Waals surface area contributed by atoms with E-state index >= 15 is 0 Å². The van der Waals surface area contributed by atoms with Crippen LogP contribution in [-0.4, -0.2) is 49.0 Å². The lowest BCUT2D eigenvalue weighted by Crippen LogP contribution is -2.42. The van der Waals surface area contributed by atoms with Crippen LogP contribution >= 0.6 is 22.9 Å². The SMILES string of the molecule is CN(C)C1CCN(c2ccc(NC(=O)c3csc(-c4ccccc4Cl)n3)cc2F)CC1. The number of hydrogen-bond acceptors (Lipinski definition) is 5. The van der Waals surface area contributed by atoms with Crippen molar-refractivity contribution in [3.63, 3.8) is 0 Å². The quantitative estimate of drug-likeness (QED) is 0.557. The second-order valence-corrected chi connectivity index (χ2v) is 9.09. The summed E-state index contributed by atoms with van der Waals surface area (Å²) in [5, 5.41) is 5.66. The van der Waals surface area contributed by atoms with Crippen molar-refractivity contribution in [2.75, 3.05) is 37.4 Å². The number of piperidine rings is 1. The molecule has 0 radical (unpaired) electrons. The molecule has 1 N–H and O–H groups in total. The van der Waals surface area contributed by atoms with E-state index in [1.54, 1.807) is 23.6 Å². The minimum absolute atomic E-state index is 0.273. The van der Waals surface area contributed by atoms with E-state index in [4.69, 9.17) is 11.6 Å². The van der Waals surface area contributed by atoms with E-state index in [0.29, 0.717) is 27.4 Å². The van der Waals surface area contributed by atoms with Gasteiger partial charge >= 0.3 is 0 Å². The number of thiazole rings is 1. The highest BCUT2D eigenvalue weighted by Gasteiger charge is 2.23. The van der Waals surface area contributed by atoms with Crippen molar-refractivity contribution in [1.82, 2.24) is 9.88 Å². The Kier molecular flexibility index (Phi) is 6.55. The molecule has 1 fully saturated rings. The van der Waals surface area contributed by atoms with Crippen LogP contribution < -0.4 is 10.2 Å². The second-order valence-electron chi connectivity index (χ2n) is 7.82. The maximum atomic E-state index is 14.8. The van der Waals surface area contributed by atoms with Crippen LogP contribution in [0, 0.1) is 5.82 Å². The Hall–Kier alpha value is -2.48. The molecule has 0 aliphatic carbocycles. The molecule has 162 valence electrons. The number of carbonyl (C=O) groups is 1. The van der Waals surface area contributed by atoms with Crippen molar-refractivity contribution in [3.8, 4) is 10.6 Å². The van der Waals surface area contributed by atoms with Gasteiger partial charge in [-0.1, -0.05) is 29.8 Å². The maximum Gasteiger partial charge on any atom is 0.275 e. The van der Waals surface area contributed by atoms with Gasteiger partial charge in [0.15, 0.2) is 0 Å². The number of nitrogens with one attached hydrogen (secondary N) is 1. The number of nitrogens with zero attached hydrogens (tertiary/aromatic N) is 3. The Balaban J connectivity index is 1.43. The number of rotatable bonds is 5. The fraction of sp³-hybridized carbons (Fsp3) is 0.304. The molecule has 4 rings (SSSR count). The first kappa shape index (κ1) is 21.7. The van der Waals surface area contributed by atoms with Gasteiger partial charge in [-0.3, -0.25) is 4.79 Å². The average molecular weight is 459 g/mol. The minimum atomic E-state index is -0.381. The van der Waals surface area contributed by atoms with Crippen LogP contribution in [0.3, 0.4) is 0 Å². The Bertz CT molecular complexity index is 1080. The number of aromatic nitrogens is 1. The molecule has 31 heavy (non-hydrogen) atoms. The summed E-state index contributed by atoms with van der Waals surface area (Å²) in [5.74, 6) is -0.718. The van der Waals surface area contributed by atoms with Gasteiger partial charge in [-0.05, 0) is 51.2 Å². The van der Waals surface area contributed by atoms with E-state index < -0.39 is 0 Å². The van der Waals surface area contributed by atoms with Gasteiger partial charge in [0, 0.05) is 35.8 Å². The smallest absolute Gasteiger partial charge is 0.275 e. The summed E-state index contributed by atoms with van der Waals surface area (Å²) in [6.07, 6.45) is 2.00. The summed E-state index contributed by atoms with van der Waals surface area (Å²) in [5.41, 5.74) is 2.03. The fourth-order valence-corrected chi connectivity index (χ4v) is 4.92. The summed E-state index contributed by atoms with van der Waals surface area (Å²) >= 11 is 7.56. The molecule has 1 amide bonds. The van der Waals surface area contributed by atoms with Crippen molar-refractivity contribution in [1.29, 1.82) is 0 Å². The molecule has 0 atom stereocenters. The summed E-state index contributed by atoms with van der Waals surface area (Å²) < 4.78 is 14.8. The molecular weight excluding hydrogens is 435 g/mol. The largest absolute Gasteiger partial charge is 0.369 e. The van der Waals surface area contributed by atoms with E-state index in [-0.39, 0.29) is 17.4 Å². The van der Waals surface area contributed by atoms with E-state index in [2.05, 4.69) is 34.2 Å². The monoisotopic (exact) mass is 458 g/mol. The average Bonchev–Trinajstić information content (AvgIpc) is 3.24. The lowest BCUT2D eigenvalue weighted by molar-refractivity contribution is 0.102. The highest BCUT2D eigenvalue weighted by molar-refractivity contribution is 7.13. The molecule has 1 aliphatic rings. The van der Waals surface area contributed by atoms with E-state index in [1.165, 1.54) is 17.4 Å². The summed E-state index contributed by atoms with van der Waals surface area (Å²) in [4.78, 5) is 21.3. The van der Waals surface area contributed by atoms with Crippen LogP contribution in [0.5, 0.6) is 0 Å². The van der Waals surface area contributed by atoms with E-state index in [9.17, 15) is 9.18 Å². The first-order chi connectivity index (χ1) is 14.9. The van der Waals surface area contributed by atoms with Crippen molar-refractivity contribution < 1.29 is 9.18 Å². The lowest BCUT2D eigenvalue weighted by Gasteiger charge is -2.36. The zero-order valence-corrected chi connectivity index (χ0v) is 19.0. The third-order valence-corrected chi connectivity index (χ3v) is 6.79. The van der Waals surface area contributed by atoms with Gasteiger partial charge in [0.1, 0.15) is 16.5 Å². The Labute approximate surface area is 190 Å². The number of carbonyl (C=O) groups excluding carboxylic acids is 1. The van der Waals surface area contributed by atoms with Crippen LogP contribution in [0.25, 0.3) is 10.6 Å². The zero-order chi connectivity index (χ0) is 22.0. The van der Waals surface area contributed by atoms with Crippen molar-refractivity contribution >= 4 is 40.2 Å². The number of benzene rings is 2. The van der Waals surface area contributed by atoms with Crippen LogP contribution in [0.2, 0.25) is 5.02 Å².